The number of carbonyl (C=O) groups excluding carboxylic acids is 1. The third-order valence-electron chi connectivity index (χ3n) is 6.94. The van der Waals surface area contributed by atoms with Gasteiger partial charge in [-0.25, -0.2) is 0 Å². The van der Waals surface area contributed by atoms with Crippen molar-refractivity contribution in [2.24, 2.45) is 0 Å². The molecule has 0 saturated heterocycles. The van der Waals surface area contributed by atoms with Crippen molar-refractivity contribution in [2.75, 3.05) is 12.0 Å². The largest absolute Gasteiger partial charge is 0.387 e. The van der Waals surface area contributed by atoms with E-state index in [1.165, 1.54) is 17.5 Å². The third-order valence-corrected chi connectivity index (χ3v) is 8.40. The molecule has 1 aromatic heterocycles. The van der Waals surface area contributed by atoms with Crippen molar-refractivity contribution in [3.8, 4) is 22.5 Å². The van der Waals surface area contributed by atoms with E-state index in [0.29, 0.717) is 17.2 Å². The SMILES string of the molecule is CSNC(=O)C1(c2ccc(-c3ccc(-c4onc(C)c4C(O)CSc4cccc(C)c4)cc3)cc2)CC1. The predicted octanol–water partition coefficient (Wildman–Crippen LogP) is 6.88. The molecule has 0 bridgehead atoms. The Morgan fingerprint density at radius 2 is 1.68 bits per heavy atom. The molecule has 0 radical (unpaired) electrons. The van der Waals surface area contributed by atoms with Gasteiger partial charge >= 0.3 is 0 Å². The number of aromatic nitrogens is 1. The lowest BCUT2D eigenvalue weighted by Gasteiger charge is -2.15. The number of nitrogens with one attached hydrogen (secondary N) is 1. The maximum Gasteiger partial charge on any atom is 0.240 e. The second kappa shape index (κ2) is 10.8. The number of thioether (sulfide) groups is 1. The van der Waals surface area contributed by atoms with Crippen LogP contribution in [-0.4, -0.2) is 28.2 Å². The number of benzene rings is 3. The molecule has 1 fully saturated rings. The molecule has 3 aromatic carbocycles. The number of aliphatic hydroxyl groups excluding tert-OH is 1. The molecule has 5 rings (SSSR count). The summed E-state index contributed by atoms with van der Waals surface area (Å²) in [7, 11) is 0. The zero-order valence-corrected chi connectivity index (χ0v) is 22.8. The summed E-state index contributed by atoms with van der Waals surface area (Å²) < 4.78 is 8.55. The van der Waals surface area contributed by atoms with Crippen LogP contribution in [-0.2, 0) is 10.2 Å². The van der Waals surface area contributed by atoms with Crippen molar-refractivity contribution in [3.05, 3.63) is 95.2 Å². The number of amides is 1. The minimum Gasteiger partial charge on any atom is -0.387 e. The van der Waals surface area contributed by atoms with Gasteiger partial charge in [0.2, 0.25) is 5.91 Å². The molecule has 5 nitrogen and oxygen atoms in total. The van der Waals surface area contributed by atoms with E-state index < -0.39 is 6.10 Å². The minimum atomic E-state index is -0.697. The number of aliphatic hydroxyl groups is 1. The van der Waals surface area contributed by atoms with Gasteiger partial charge in [0.25, 0.3) is 0 Å². The molecule has 2 N–H and O–H groups in total. The summed E-state index contributed by atoms with van der Waals surface area (Å²) in [6, 6.07) is 24.7. The third kappa shape index (κ3) is 5.35. The van der Waals surface area contributed by atoms with Crippen LogP contribution in [0.4, 0.5) is 0 Å². The Balaban J connectivity index is 1.31. The summed E-state index contributed by atoms with van der Waals surface area (Å²) in [6.07, 6.45) is 2.95. The lowest BCUT2D eigenvalue weighted by Crippen LogP contribution is -2.30. The first kappa shape index (κ1) is 25.6. The quantitative estimate of drug-likeness (QED) is 0.182. The average Bonchev–Trinajstić information content (AvgIpc) is 3.64. The Morgan fingerprint density at radius 3 is 2.30 bits per heavy atom. The van der Waals surface area contributed by atoms with Gasteiger partial charge in [0.1, 0.15) is 0 Å². The van der Waals surface area contributed by atoms with Crippen molar-refractivity contribution >= 4 is 29.6 Å². The second-order valence-electron chi connectivity index (χ2n) is 9.53. The van der Waals surface area contributed by atoms with E-state index in [0.717, 1.165) is 45.6 Å². The molecule has 37 heavy (non-hydrogen) atoms. The highest BCUT2D eigenvalue weighted by atomic mass is 32.2. The van der Waals surface area contributed by atoms with E-state index in [-0.39, 0.29) is 11.3 Å². The molecule has 4 aromatic rings. The summed E-state index contributed by atoms with van der Waals surface area (Å²) in [5.41, 5.74) is 6.36. The van der Waals surface area contributed by atoms with Crippen molar-refractivity contribution in [1.82, 2.24) is 9.88 Å². The van der Waals surface area contributed by atoms with Crippen molar-refractivity contribution in [3.63, 3.8) is 0 Å². The highest BCUT2D eigenvalue weighted by molar-refractivity contribution is 7.99. The normalized spacial score (nSPS) is 14.8. The monoisotopic (exact) mass is 530 g/mol. The van der Waals surface area contributed by atoms with Crippen LogP contribution in [0.3, 0.4) is 0 Å². The van der Waals surface area contributed by atoms with Crippen molar-refractivity contribution < 1.29 is 14.4 Å². The van der Waals surface area contributed by atoms with Gasteiger partial charge in [-0.1, -0.05) is 83.3 Å². The van der Waals surface area contributed by atoms with Gasteiger partial charge in [-0.2, -0.15) is 0 Å². The van der Waals surface area contributed by atoms with E-state index in [9.17, 15) is 9.90 Å². The van der Waals surface area contributed by atoms with Crippen molar-refractivity contribution in [1.29, 1.82) is 0 Å². The number of nitrogens with zero attached hydrogens (tertiary/aromatic N) is 1. The summed E-state index contributed by atoms with van der Waals surface area (Å²) in [6.45, 7) is 3.93. The number of carbonyl (C=O) groups is 1. The van der Waals surface area contributed by atoms with E-state index in [1.54, 1.807) is 11.8 Å². The van der Waals surface area contributed by atoms with Gasteiger partial charge < -0.3 is 9.63 Å². The maximum atomic E-state index is 12.5. The first-order chi connectivity index (χ1) is 17.9. The Labute approximate surface area is 226 Å². The van der Waals surface area contributed by atoms with Crippen LogP contribution in [0.15, 0.2) is 82.2 Å². The zero-order valence-electron chi connectivity index (χ0n) is 21.2. The fourth-order valence-electron chi connectivity index (χ4n) is 4.70. The summed E-state index contributed by atoms with van der Waals surface area (Å²) >= 11 is 2.97. The van der Waals surface area contributed by atoms with E-state index in [1.807, 2.05) is 43.5 Å². The number of hydrogen-bond acceptors (Lipinski definition) is 6. The van der Waals surface area contributed by atoms with Gasteiger partial charge in [-0.15, -0.1) is 11.8 Å². The van der Waals surface area contributed by atoms with Crippen LogP contribution in [0.1, 0.15) is 41.3 Å². The van der Waals surface area contributed by atoms with Crippen molar-refractivity contribution in [2.45, 2.75) is 43.1 Å². The van der Waals surface area contributed by atoms with Gasteiger partial charge in [0, 0.05) is 22.5 Å². The first-order valence-electron chi connectivity index (χ1n) is 12.3. The van der Waals surface area contributed by atoms with Crippen LogP contribution >= 0.6 is 23.7 Å². The van der Waals surface area contributed by atoms with Gasteiger partial charge in [-0.05, 0) is 55.5 Å². The van der Waals surface area contributed by atoms with E-state index in [2.05, 4.69) is 59.3 Å². The molecule has 7 heteroatoms. The average molecular weight is 531 g/mol. The van der Waals surface area contributed by atoms with E-state index >= 15 is 0 Å². The molecular weight excluding hydrogens is 500 g/mol. The topological polar surface area (TPSA) is 75.4 Å². The number of aryl methyl sites for hydroxylation is 2. The molecule has 1 saturated carbocycles. The Morgan fingerprint density at radius 1 is 1.03 bits per heavy atom. The van der Waals surface area contributed by atoms with E-state index in [4.69, 9.17) is 4.52 Å². The number of rotatable bonds is 9. The van der Waals surface area contributed by atoms with Crippen LogP contribution in [0.25, 0.3) is 22.5 Å². The molecule has 1 unspecified atom stereocenters. The van der Waals surface area contributed by atoms with Crippen LogP contribution in [0, 0.1) is 13.8 Å². The fourth-order valence-corrected chi connectivity index (χ4v) is 6.04. The predicted molar refractivity (Wildman–Crippen MR) is 152 cm³/mol. The molecule has 1 atom stereocenters. The molecule has 1 aliphatic rings. The zero-order chi connectivity index (χ0) is 26.0. The lowest BCUT2D eigenvalue weighted by atomic mass is 9.93. The van der Waals surface area contributed by atoms with Crippen LogP contribution in [0.5, 0.6) is 0 Å². The molecule has 0 aliphatic heterocycles. The first-order valence-corrected chi connectivity index (χ1v) is 14.5. The lowest BCUT2D eigenvalue weighted by molar-refractivity contribution is -0.121. The molecule has 1 heterocycles. The Kier molecular flexibility index (Phi) is 7.47. The summed E-state index contributed by atoms with van der Waals surface area (Å²) in [5.74, 6) is 1.21. The molecule has 0 spiro atoms. The number of hydrogen-bond donors (Lipinski definition) is 2. The van der Waals surface area contributed by atoms with Crippen LogP contribution < -0.4 is 4.72 Å². The molecule has 190 valence electrons. The minimum absolute atomic E-state index is 0.0923. The highest BCUT2D eigenvalue weighted by Gasteiger charge is 2.51. The second-order valence-corrected chi connectivity index (χ2v) is 11.2. The molecule has 1 amide bonds. The summed E-state index contributed by atoms with van der Waals surface area (Å²) in [5, 5.41) is 15.2. The highest BCUT2D eigenvalue weighted by Crippen LogP contribution is 2.49. The molecule has 1 aliphatic carbocycles. The Hall–Kier alpha value is -3.00. The van der Waals surface area contributed by atoms with Gasteiger partial charge in [0.05, 0.1) is 22.8 Å². The maximum absolute atomic E-state index is 12.5. The summed E-state index contributed by atoms with van der Waals surface area (Å²) in [4.78, 5) is 13.6. The van der Waals surface area contributed by atoms with Gasteiger partial charge in [-0.3, -0.25) is 9.52 Å². The standard InChI is InChI=1S/C30H30N2O3S2/c1-19-5-4-6-25(17-19)37-18-26(33)27-20(2)31-35-28(27)23-9-7-21(8-10-23)22-11-13-24(14-12-22)30(15-16-30)29(34)32-36-3/h4-14,17,26,33H,15-16,18H2,1-3H3,(H,32,34). The molecular formula is C30H30N2O3S2. The smallest absolute Gasteiger partial charge is 0.240 e. The Bertz CT molecular complexity index is 1390. The van der Waals surface area contributed by atoms with Gasteiger partial charge in [0.15, 0.2) is 5.76 Å². The fraction of sp³-hybridized carbons (Fsp3) is 0.267. The van der Waals surface area contributed by atoms with Crippen LogP contribution in [0.2, 0.25) is 0 Å².